The first-order valence-corrected chi connectivity index (χ1v) is 4.42. The van der Waals surface area contributed by atoms with Crippen LogP contribution in [0.1, 0.15) is 5.82 Å². The molecule has 4 nitrogen and oxygen atoms in total. The fraction of sp³-hybridized carbons (Fsp3) is 0.100. The molecule has 0 saturated heterocycles. The van der Waals surface area contributed by atoms with E-state index in [0.717, 1.165) is 22.2 Å². The van der Waals surface area contributed by atoms with Gasteiger partial charge in [0.2, 0.25) is 0 Å². The number of aryl methyl sites for hydroxylation is 1. The standard InChI is InChI=1S/C10H8N4/c1-7-12-13-10-9-5-3-2-4-8(9)6-11-14(7)10/h2-6H,1H3. The third-order valence-corrected chi connectivity index (χ3v) is 2.31. The summed E-state index contributed by atoms with van der Waals surface area (Å²) in [5, 5.41) is 14.5. The minimum absolute atomic E-state index is 0.811. The Morgan fingerprint density at radius 3 is 2.93 bits per heavy atom. The highest BCUT2D eigenvalue weighted by molar-refractivity contribution is 5.92. The molecule has 0 radical (unpaired) electrons. The number of fused-ring (bicyclic) bond motifs is 3. The Labute approximate surface area is 80.2 Å². The third kappa shape index (κ3) is 0.849. The maximum atomic E-state index is 4.26. The average Bonchev–Trinajstić information content (AvgIpc) is 2.61. The van der Waals surface area contributed by atoms with Gasteiger partial charge in [0.1, 0.15) is 0 Å². The van der Waals surface area contributed by atoms with Crippen molar-refractivity contribution in [1.29, 1.82) is 0 Å². The number of benzene rings is 1. The molecule has 4 heteroatoms. The van der Waals surface area contributed by atoms with Crippen LogP contribution in [0.2, 0.25) is 0 Å². The van der Waals surface area contributed by atoms with Crippen LogP contribution < -0.4 is 0 Å². The average molecular weight is 184 g/mol. The molecule has 0 aliphatic carbocycles. The highest BCUT2D eigenvalue weighted by Gasteiger charge is 2.05. The molecule has 0 aliphatic heterocycles. The molecule has 68 valence electrons. The number of hydrogen-bond acceptors (Lipinski definition) is 3. The van der Waals surface area contributed by atoms with E-state index in [2.05, 4.69) is 15.3 Å². The second-order valence-electron chi connectivity index (χ2n) is 3.21. The summed E-state index contributed by atoms with van der Waals surface area (Å²) in [7, 11) is 0. The van der Waals surface area contributed by atoms with Crippen LogP contribution in [0.15, 0.2) is 30.5 Å². The molecule has 0 amide bonds. The first-order chi connectivity index (χ1) is 6.86. The first kappa shape index (κ1) is 7.44. The molecule has 3 rings (SSSR count). The first-order valence-electron chi connectivity index (χ1n) is 4.42. The number of aromatic nitrogens is 4. The van der Waals surface area contributed by atoms with Crippen molar-refractivity contribution in [2.45, 2.75) is 6.92 Å². The van der Waals surface area contributed by atoms with Crippen LogP contribution >= 0.6 is 0 Å². The molecular formula is C10H8N4. The summed E-state index contributed by atoms with van der Waals surface area (Å²) in [6.07, 6.45) is 1.83. The smallest absolute Gasteiger partial charge is 0.185 e. The molecule has 3 aromatic rings. The van der Waals surface area contributed by atoms with E-state index >= 15 is 0 Å². The molecule has 0 bridgehead atoms. The lowest BCUT2D eigenvalue weighted by Gasteiger charge is -1.97. The summed E-state index contributed by atoms with van der Waals surface area (Å²) < 4.78 is 1.75. The molecule has 2 heterocycles. The Morgan fingerprint density at radius 2 is 2.00 bits per heavy atom. The molecular weight excluding hydrogens is 176 g/mol. The van der Waals surface area contributed by atoms with E-state index in [1.807, 2.05) is 37.4 Å². The van der Waals surface area contributed by atoms with Gasteiger partial charge in [-0.25, -0.2) is 0 Å². The summed E-state index contributed by atoms with van der Waals surface area (Å²) in [6, 6.07) is 8.03. The van der Waals surface area contributed by atoms with E-state index in [1.54, 1.807) is 4.52 Å². The lowest BCUT2D eigenvalue weighted by Crippen LogP contribution is -1.93. The van der Waals surface area contributed by atoms with Crippen LogP contribution in [0, 0.1) is 6.92 Å². The molecule has 0 unspecified atom stereocenters. The minimum atomic E-state index is 0.811. The molecule has 2 aromatic heterocycles. The second-order valence-corrected chi connectivity index (χ2v) is 3.21. The molecule has 0 fully saturated rings. The summed E-state index contributed by atoms with van der Waals surface area (Å²) in [4.78, 5) is 0. The minimum Gasteiger partial charge on any atom is -0.197 e. The third-order valence-electron chi connectivity index (χ3n) is 2.31. The number of rotatable bonds is 0. The van der Waals surface area contributed by atoms with Crippen LogP contribution in [0.4, 0.5) is 0 Å². The van der Waals surface area contributed by atoms with Crippen molar-refractivity contribution in [1.82, 2.24) is 19.8 Å². The molecule has 0 saturated carbocycles. The van der Waals surface area contributed by atoms with E-state index in [1.165, 1.54) is 0 Å². The maximum Gasteiger partial charge on any atom is 0.185 e. The lowest BCUT2D eigenvalue weighted by molar-refractivity contribution is 0.881. The van der Waals surface area contributed by atoms with Gasteiger partial charge >= 0.3 is 0 Å². The van der Waals surface area contributed by atoms with Crippen molar-refractivity contribution in [3.8, 4) is 0 Å². The number of nitrogens with zero attached hydrogens (tertiary/aromatic N) is 4. The zero-order valence-electron chi connectivity index (χ0n) is 7.68. The maximum absolute atomic E-state index is 4.26. The molecule has 0 atom stereocenters. The van der Waals surface area contributed by atoms with Gasteiger partial charge in [-0.05, 0) is 6.92 Å². The predicted molar refractivity (Wildman–Crippen MR) is 53.0 cm³/mol. The zero-order chi connectivity index (χ0) is 9.54. The topological polar surface area (TPSA) is 43.1 Å². The lowest BCUT2D eigenvalue weighted by atomic mass is 10.2. The van der Waals surface area contributed by atoms with Gasteiger partial charge in [-0.15, -0.1) is 10.2 Å². The Bertz CT molecular complexity index is 612. The predicted octanol–water partition coefficient (Wildman–Crippen LogP) is 1.59. The van der Waals surface area contributed by atoms with Crippen molar-refractivity contribution in [3.05, 3.63) is 36.3 Å². The fourth-order valence-corrected chi connectivity index (χ4v) is 1.60. The van der Waals surface area contributed by atoms with Crippen molar-refractivity contribution in [3.63, 3.8) is 0 Å². The highest BCUT2D eigenvalue weighted by atomic mass is 15.4. The molecule has 0 aliphatic rings. The van der Waals surface area contributed by atoms with Gasteiger partial charge in [0, 0.05) is 10.8 Å². The monoisotopic (exact) mass is 184 g/mol. The van der Waals surface area contributed by atoms with Gasteiger partial charge in [0.25, 0.3) is 0 Å². The fourth-order valence-electron chi connectivity index (χ4n) is 1.60. The van der Waals surface area contributed by atoms with Crippen molar-refractivity contribution < 1.29 is 0 Å². The van der Waals surface area contributed by atoms with Crippen LogP contribution in [-0.4, -0.2) is 19.8 Å². The van der Waals surface area contributed by atoms with Crippen molar-refractivity contribution >= 4 is 16.4 Å². The normalized spacial score (nSPS) is 11.2. The Kier molecular flexibility index (Phi) is 1.33. The second kappa shape index (κ2) is 2.51. The molecule has 0 N–H and O–H groups in total. The van der Waals surface area contributed by atoms with Crippen molar-refractivity contribution in [2.75, 3.05) is 0 Å². The zero-order valence-corrected chi connectivity index (χ0v) is 7.68. The van der Waals surface area contributed by atoms with Crippen molar-refractivity contribution in [2.24, 2.45) is 0 Å². The Balaban J connectivity index is 2.61. The van der Waals surface area contributed by atoms with E-state index in [4.69, 9.17) is 0 Å². The Hall–Kier alpha value is -1.97. The largest absolute Gasteiger partial charge is 0.197 e. The van der Waals surface area contributed by atoms with Gasteiger partial charge in [-0.2, -0.15) is 9.61 Å². The van der Waals surface area contributed by atoms with E-state index < -0.39 is 0 Å². The van der Waals surface area contributed by atoms with Gasteiger partial charge in [0.15, 0.2) is 11.5 Å². The van der Waals surface area contributed by atoms with Gasteiger partial charge in [-0.3, -0.25) is 0 Å². The summed E-state index contributed by atoms with van der Waals surface area (Å²) in [5.74, 6) is 0.811. The Morgan fingerprint density at radius 1 is 1.14 bits per heavy atom. The SMILES string of the molecule is Cc1nnc2c3ccccc3cnn12. The van der Waals surface area contributed by atoms with Gasteiger partial charge < -0.3 is 0 Å². The van der Waals surface area contributed by atoms with Crippen LogP contribution in [0.5, 0.6) is 0 Å². The van der Waals surface area contributed by atoms with E-state index in [0.29, 0.717) is 0 Å². The van der Waals surface area contributed by atoms with Crippen LogP contribution in [0.3, 0.4) is 0 Å². The molecule has 0 spiro atoms. The molecule has 1 aromatic carbocycles. The van der Waals surface area contributed by atoms with Crippen LogP contribution in [-0.2, 0) is 0 Å². The van der Waals surface area contributed by atoms with Gasteiger partial charge in [-0.1, -0.05) is 24.3 Å². The number of hydrogen-bond donors (Lipinski definition) is 0. The summed E-state index contributed by atoms with van der Waals surface area (Å²) in [6.45, 7) is 1.89. The highest BCUT2D eigenvalue weighted by Crippen LogP contribution is 2.16. The van der Waals surface area contributed by atoms with Gasteiger partial charge in [0.05, 0.1) is 6.20 Å². The quantitative estimate of drug-likeness (QED) is 0.532. The summed E-state index contributed by atoms with van der Waals surface area (Å²) in [5.41, 5.74) is 0.820. The van der Waals surface area contributed by atoms with E-state index in [-0.39, 0.29) is 0 Å². The van der Waals surface area contributed by atoms with Crippen LogP contribution in [0.25, 0.3) is 16.4 Å². The summed E-state index contributed by atoms with van der Waals surface area (Å²) >= 11 is 0. The van der Waals surface area contributed by atoms with E-state index in [9.17, 15) is 0 Å². The molecule has 14 heavy (non-hydrogen) atoms.